The van der Waals surface area contributed by atoms with Gasteiger partial charge in [0.15, 0.2) is 0 Å². The molecule has 5 aromatic rings. The number of hydrogen-bond donors (Lipinski definition) is 2. The monoisotopic (exact) mass is 620 g/mol. The van der Waals surface area contributed by atoms with E-state index < -0.39 is 6.04 Å². The lowest BCUT2D eigenvalue weighted by atomic mass is 9.50. The van der Waals surface area contributed by atoms with Crippen LogP contribution in [0.3, 0.4) is 0 Å². The minimum Gasteiger partial charge on any atom is -0.383 e. The summed E-state index contributed by atoms with van der Waals surface area (Å²) in [7, 11) is 0. The average molecular weight is 621 g/mol. The minimum atomic E-state index is -0.435. The molecule has 3 aromatic heterocycles. The highest BCUT2D eigenvalue weighted by molar-refractivity contribution is 6.35. The Hall–Kier alpha value is -4.42. The fraction of sp³-hybridized carbons (Fsp3) is 0.400. The zero-order valence-corrected chi connectivity index (χ0v) is 27.0. The first-order valence-electron chi connectivity index (χ1n) is 15.6. The van der Waals surface area contributed by atoms with Gasteiger partial charge < -0.3 is 15.2 Å². The molecular weight excluding hydrogens is 584 g/mol. The molecule has 9 nitrogen and oxygen atoms in total. The van der Waals surface area contributed by atoms with Crippen LogP contribution in [0, 0.1) is 22.7 Å². The molecule has 2 bridgehead atoms. The van der Waals surface area contributed by atoms with E-state index in [4.69, 9.17) is 11.6 Å². The van der Waals surface area contributed by atoms with Crippen molar-refractivity contribution in [3.8, 4) is 6.07 Å². The first-order valence-corrected chi connectivity index (χ1v) is 15.9. The third-order valence-electron chi connectivity index (χ3n) is 9.32. The van der Waals surface area contributed by atoms with Crippen LogP contribution in [-0.4, -0.2) is 31.1 Å². The quantitative estimate of drug-likeness (QED) is 0.186. The molecule has 45 heavy (non-hydrogen) atoms. The number of benzene rings is 2. The third-order valence-corrected chi connectivity index (χ3v) is 9.61. The van der Waals surface area contributed by atoms with Gasteiger partial charge in [0.25, 0.3) is 5.56 Å². The van der Waals surface area contributed by atoms with Gasteiger partial charge in [-0.2, -0.15) is 5.26 Å². The molecule has 0 saturated heterocycles. The van der Waals surface area contributed by atoms with Gasteiger partial charge >= 0.3 is 0 Å². The van der Waals surface area contributed by atoms with Gasteiger partial charge in [0.2, 0.25) is 0 Å². The second-order valence-electron chi connectivity index (χ2n) is 14.2. The predicted octanol–water partition coefficient (Wildman–Crippen LogP) is 7.42. The van der Waals surface area contributed by atoms with E-state index in [1.54, 1.807) is 10.8 Å². The van der Waals surface area contributed by atoms with Crippen LogP contribution in [-0.2, 0) is 5.54 Å². The lowest BCUT2D eigenvalue weighted by Crippen LogP contribution is -2.59. The molecule has 2 N–H and O–H groups in total. The molecule has 8 rings (SSSR count). The minimum absolute atomic E-state index is 0.0121. The van der Waals surface area contributed by atoms with E-state index in [-0.39, 0.29) is 22.6 Å². The number of fused-ring (bicyclic) bond motifs is 2. The summed E-state index contributed by atoms with van der Waals surface area (Å²) in [4.78, 5) is 18.0. The van der Waals surface area contributed by atoms with E-state index in [0.717, 1.165) is 52.9 Å². The van der Waals surface area contributed by atoms with Crippen molar-refractivity contribution >= 4 is 44.7 Å². The zero-order valence-electron chi connectivity index (χ0n) is 26.2. The van der Waals surface area contributed by atoms with Crippen LogP contribution < -0.4 is 16.2 Å². The van der Waals surface area contributed by atoms with Gasteiger partial charge in [-0.15, -0.1) is 5.10 Å². The number of hydrogen-bond acceptors (Lipinski definition) is 7. The van der Waals surface area contributed by atoms with E-state index in [1.165, 1.54) is 0 Å². The Morgan fingerprint density at radius 3 is 2.58 bits per heavy atom. The number of halogens is 1. The molecule has 230 valence electrons. The Morgan fingerprint density at radius 1 is 1.13 bits per heavy atom. The molecule has 1 unspecified atom stereocenters. The first kappa shape index (κ1) is 29.3. The van der Waals surface area contributed by atoms with Crippen LogP contribution in [0.2, 0.25) is 5.02 Å². The summed E-state index contributed by atoms with van der Waals surface area (Å²) >= 11 is 6.86. The molecule has 0 spiro atoms. The molecule has 3 fully saturated rings. The molecule has 2 aromatic carbocycles. The number of aromatic nitrogens is 5. The van der Waals surface area contributed by atoms with E-state index in [2.05, 4.69) is 59.0 Å². The Morgan fingerprint density at radius 2 is 1.91 bits per heavy atom. The summed E-state index contributed by atoms with van der Waals surface area (Å²) in [5.41, 5.74) is 4.22. The van der Waals surface area contributed by atoms with Gasteiger partial charge in [-0.3, -0.25) is 9.78 Å². The van der Waals surface area contributed by atoms with Gasteiger partial charge in [-0.1, -0.05) is 49.7 Å². The first-order chi connectivity index (χ1) is 21.5. The Kier molecular flexibility index (Phi) is 6.90. The van der Waals surface area contributed by atoms with Gasteiger partial charge in [0, 0.05) is 41.4 Å². The maximum absolute atomic E-state index is 13.5. The molecule has 3 heterocycles. The van der Waals surface area contributed by atoms with Crippen LogP contribution in [0.15, 0.2) is 59.8 Å². The predicted molar refractivity (Wildman–Crippen MR) is 179 cm³/mol. The van der Waals surface area contributed by atoms with E-state index in [0.29, 0.717) is 33.7 Å². The standard InChI is InChI=1S/C35H37ClN8O/c1-20(2)43-10-9-24-25(7-6-8-26(24)33(43)45)32(29-18-44(42-41-29)35-13-21(14-35)15-35)40-23-11-27-30(39-19-34(3,4)5)22(16-37)17-38-31(27)28(36)12-23/h6-12,17-18,20-21,32,40H,13-15,19H2,1-5H3,(H,38,39). The molecule has 0 amide bonds. The highest BCUT2D eigenvalue weighted by Crippen LogP contribution is 2.62. The Labute approximate surface area is 267 Å². The van der Waals surface area contributed by atoms with Crippen molar-refractivity contribution in [1.82, 2.24) is 24.5 Å². The van der Waals surface area contributed by atoms with Gasteiger partial charge in [-0.25, -0.2) is 4.68 Å². The molecule has 0 radical (unpaired) electrons. The van der Waals surface area contributed by atoms with Crippen molar-refractivity contribution in [3.05, 3.63) is 87.2 Å². The van der Waals surface area contributed by atoms with Crippen LogP contribution in [0.4, 0.5) is 11.4 Å². The van der Waals surface area contributed by atoms with Crippen LogP contribution in [0.1, 0.15) is 82.8 Å². The smallest absolute Gasteiger partial charge is 0.258 e. The number of pyridine rings is 2. The highest BCUT2D eigenvalue weighted by atomic mass is 35.5. The number of anilines is 2. The molecular formula is C35H37ClN8O. The maximum Gasteiger partial charge on any atom is 0.258 e. The molecule has 10 heteroatoms. The summed E-state index contributed by atoms with van der Waals surface area (Å²) in [6.45, 7) is 11.1. The number of nitrogens with one attached hydrogen (secondary N) is 2. The Balaban J connectivity index is 1.37. The molecule has 0 aliphatic heterocycles. The van der Waals surface area contributed by atoms with Crippen molar-refractivity contribution in [3.63, 3.8) is 0 Å². The normalized spacial score (nSPS) is 19.6. The van der Waals surface area contributed by atoms with Crippen molar-refractivity contribution in [1.29, 1.82) is 5.26 Å². The number of nitriles is 1. The number of rotatable bonds is 8. The summed E-state index contributed by atoms with van der Waals surface area (Å²) in [6.07, 6.45) is 8.93. The lowest BCUT2D eigenvalue weighted by molar-refractivity contribution is -0.0989. The zero-order chi connectivity index (χ0) is 31.7. The second kappa shape index (κ2) is 10.6. The van der Waals surface area contributed by atoms with Gasteiger partial charge in [-0.05, 0) is 79.7 Å². The second-order valence-corrected chi connectivity index (χ2v) is 14.6. The topological polar surface area (TPSA) is 113 Å². The van der Waals surface area contributed by atoms with E-state index in [9.17, 15) is 10.1 Å². The van der Waals surface area contributed by atoms with E-state index >= 15 is 0 Å². The molecule has 3 saturated carbocycles. The summed E-state index contributed by atoms with van der Waals surface area (Å²) in [5.74, 6) is 0.806. The third kappa shape index (κ3) is 5.01. The fourth-order valence-corrected chi connectivity index (χ4v) is 7.05. The van der Waals surface area contributed by atoms with Gasteiger partial charge in [0.1, 0.15) is 11.8 Å². The Bertz CT molecular complexity index is 2050. The molecule has 3 aliphatic rings. The maximum atomic E-state index is 13.5. The van der Waals surface area contributed by atoms with Crippen LogP contribution >= 0.6 is 11.6 Å². The summed E-state index contributed by atoms with van der Waals surface area (Å²) in [5, 5.41) is 29.1. The average Bonchev–Trinajstić information content (AvgIpc) is 3.41. The molecule has 3 aliphatic carbocycles. The van der Waals surface area contributed by atoms with Gasteiger partial charge in [0.05, 0.1) is 39.6 Å². The lowest BCUT2D eigenvalue weighted by Gasteiger charge is -2.61. The highest BCUT2D eigenvalue weighted by Gasteiger charge is 2.59. The number of nitrogens with zero attached hydrogens (tertiary/aromatic N) is 6. The fourth-order valence-electron chi connectivity index (χ4n) is 6.78. The van der Waals surface area contributed by atoms with Crippen molar-refractivity contribution < 1.29 is 0 Å². The SMILES string of the molecule is CC(C)n1ccc2c(C(Nc3cc(Cl)c4ncc(C#N)c(NCC(C)(C)C)c4c3)c3cn(C45CC(C4)C5)nn3)cccc2c1=O. The van der Waals surface area contributed by atoms with Crippen LogP contribution in [0.5, 0.6) is 0 Å². The summed E-state index contributed by atoms with van der Waals surface area (Å²) in [6, 6.07) is 13.6. The van der Waals surface area contributed by atoms with Crippen LogP contribution in [0.25, 0.3) is 21.7 Å². The van der Waals surface area contributed by atoms with Crippen molar-refractivity contribution in [2.45, 2.75) is 71.5 Å². The van der Waals surface area contributed by atoms with E-state index in [1.807, 2.05) is 61.1 Å². The van der Waals surface area contributed by atoms with Crippen molar-refractivity contribution in [2.24, 2.45) is 11.3 Å². The molecule has 1 atom stereocenters. The summed E-state index contributed by atoms with van der Waals surface area (Å²) < 4.78 is 3.79. The largest absolute Gasteiger partial charge is 0.383 e. The van der Waals surface area contributed by atoms with Crippen molar-refractivity contribution in [2.75, 3.05) is 17.2 Å².